The van der Waals surface area contributed by atoms with Crippen LogP contribution in [0.3, 0.4) is 0 Å². The Balaban J connectivity index is -0.000000147. The molecule has 44 atom stereocenters. The van der Waals surface area contributed by atoms with Crippen molar-refractivity contribution in [3.8, 4) is 0 Å². The van der Waals surface area contributed by atoms with E-state index >= 15 is 0 Å². The van der Waals surface area contributed by atoms with Gasteiger partial charge in [0, 0.05) is 9.79 Å². The Bertz CT molecular complexity index is 1160. The Morgan fingerprint density at radius 3 is 0.914 bits per heavy atom. The molecule has 0 aliphatic heterocycles. The predicted molar refractivity (Wildman–Crippen MR) is 538 cm³/mol. The number of hydrogen-bond acceptors (Lipinski definition) is 0. The Labute approximate surface area is 552 Å². The van der Waals surface area contributed by atoms with E-state index in [9.17, 15) is 0 Å². The molecular formula is C14H93P55W. The van der Waals surface area contributed by atoms with E-state index in [4.69, 9.17) is 0 Å². The van der Waals surface area contributed by atoms with E-state index in [1.807, 2.05) is 10.8 Å². The van der Waals surface area contributed by atoms with Gasteiger partial charge in [-0.3, -0.25) is 0 Å². The van der Waals surface area contributed by atoms with Crippen LogP contribution in [0.1, 0.15) is 62.8 Å². The summed E-state index contributed by atoms with van der Waals surface area (Å²) in [5.74, 6) is 0. The summed E-state index contributed by atoms with van der Waals surface area (Å²) in [5.41, 5.74) is 0. The molecule has 0 aromatic rings. The maximum atomic E-state index is 3.23. The van der Waals surface area contributed by atoms with Gasteiger partial charge in [-0.05, 0) is 54.4 Å². The van der Waals surface area contributed by atoms with Crippen LogP contribution in [-0.2, 0) is 21.1 Å². The van der Waals surface area contributed by atoms with Crippen LogP contribution < -0.4 is 0 Å². The van der Waals surface area contributed by atoms with Crippen molar-refractivity contribution < 1.29 is 21.1 Å². The molecule has 0 saturated carbocycles. The molecule has 0 saturated heterocycles. The second-order valence-corrected chi connectivity index (χ2v) is 190. The summed E-state index contributed by atoms with van der Waals surface area (Å²) in [6.45, 7) is 19.5. The van der Waals surface area contributed by atoms with Crippen molar-refractivity contribution in [1.29, 1.82) is 0 Å². The van der Waals surface area contributed by atoms with Gasteiger partial charge in [0.05, 0.1) is 0 Å². The Morgan fingerprint density at radius 2 is 0.729 bits per heavy atom. The normalized spacial score (nSPS) is 17.4. The first-order valence-electron chi connectivity index (χ1n) is 17.3. The first-order valence-corrected chi connectivity index (χ1v) is 109. The molecule has 0 heterocycles. The van der Waals surface area contributed by atoms with Crippen LogP contribution in [0.5, 0.6) is 0 Å². The van der Waals surface area contributed by atoms with Crippen molar-refractivity contribution in [2.45, 2.75) is 77.5 Å². The van der Waals surface area contributed by atoms with Crippen molar-refractivity contribution in [3.05, 3.63) is 10.8 Å². The standard InChI is InChI=1S/C3H19P11.C3H15P7.C3H11P3.C2H24P19.C2H20P15.CH4.W/c1-3(2,11(5)13(6)7)12(10-4)14(8)9;1-3(2,9(5)6)10(7)8-4;1-3(2,4)6-5;1-2(14(16(4)5)20(12)18(8)9)15(17(6)7)21(13-3)19(10)11;1-2(12(14(4)5)15(6)7)13(16(8)9)17(10)11-3;;/h10H,4-9H2,1-2H3;8H,4-7H2,1-2H3;6H,4-5H2,1-2H3;13H,3-12H2,1H3;11H,3-10H2,1H3;1H4;/q;;;2*-1;;+2. The van der Waals surface area contributed by atoms with Crippen molar-refractivity contribution >= 4 is 451 Å². The molecule has 0 spiro atoms. The van der Waals surface area contributed by atoms with Crippen molar-refractivity contribution in [1.82, 2.24) is 0 Å². The third kappa shape index (κ3) is 50.6. The fraction of sp³-hybridized carbons (Fsp3) is 0.857. The molecule has 0 rings (SSSR count). The molecule has 0 radical (unpaired) electrons. The summed E-state index contributed by atoms with van der Waals surface area (Å²) in [4.78, 5) is 1.50. The smallest absolute Gasteiger partial charge is 0.245 e. The van der Waals surface area contributed by atoms with Crippen LogP contribution in [0.25, 0.3) is 0 Å². The molecule has 0 aromatic carbocycles. The third-order valence-electron chi connectivity index (χ3n) is 6.95. The Kier molecular flexibility index (Phi) is 95.4. The zero-order valence-electron chi connectivity index (χ0n) is 39.7. The van der Waals surface area contributed by atoms with Gasteiger partial charge in [-0.25, -0.2) is 10.8 Å². The SMILES string of the molecule is C.CC(C)(P(P)P(P)P)P(PP)P(P)P.CC(C)(P(P)P)P(P)PP.CC(C)(P)PP.C[C-](P(P(P)P)P(P)P(P)P)P(P(P)P)P(PP)P(P)P.C[C-](P(P(P)P)P(P)P)P(P(P)P)P(P)PP.[W+2]. The minimum absolute atomic E-state index is 0. The fourth-order valence-corrected chi connectivity index (χ4v) is 305. The molecule has 56 heteroatoms. The maximum Gasteiger partial charge on any atom is 2.00 e. The number of rotatable bonds is 25. The maximum absolute atomic E-state index is 3.23. The molecular weight excluding hydrogens is 2060 g/mol. The van der Waals surface area contributed by atoms with Gasteiger partial charge in [-0.15, -0.1) is 268 Å². The summed E-state index contributed by atoms with van der Waals surface area (Å²) >= 11 is 0. The summed E-state index contributed by atoms with van der Waals surface area (Å²) in [7, 11) is 96.8. The van der Waals surface area contributed by atoms with E-state index in [2.05, 4.69) is 324 Å². The molecule has 70 heavy (non-hydrogen) atoms. The van der Waals surface area contributed by atoms with E-state index in [1.54, 1.807) is 0 Å². The molecule has 0 fully saturated rings. The molecule has 0 nitrogen and oxygen atoms in total. The predicted octanol–water partition coefficient (Wildman–Crippen LogP) is 34.3. The van der Waals surface area contributed by atoms with Crippen LogP contribution in [0.15, 0.2) is 0 Å². The van der Waals surface area contributed by atoms with Gasteiger partial charge in [0.25, 0.3) is 0 Å². The fourth-order valence-electron chi connectivity index (χ4n) is 3.41. The zero-order chi connectivity index (χ0) is 55.7. The Hall–Kier alpha value is 24.3. The average molecular weight is 2150 g/mol. The topological polar surface area (TPSA) is 0 Å². The van der Waals surface area contributed by atoms with Crippen molar-refractivity contribution in [2.24, 2.45) is 0 Å². The summed E-state index contributed by atoms with van der Waals surface area (Å²) in [6.07, 6.45) is 0. The third-order valence-corrected chi connectivity index (χ3v) is 235. The monoisotopic (exact) mass is 2150 g/mol. The van der Waals surface area contributed by atoms with Crippen LogP contribution in [-0.4, -0.2) is 14.7 Å². The van der Waals surface area contributed by atoms with E-state index in [0.29, 0.717) is 14.7 Å². The molecule has 0 aliphatic carbocycles. The largest absolute Gasteiger partial charge is 2.00 e. The van der Waals surface area contributed by atoms with Gasteiger partial charge in [-0.2, -0.15) is 43.0 Å². The minimum atomic E-state index is -0.0145. The molecule has 44 unspecified atom stereocenters. The minimum Gasteiger partial charge on any atom is -0.245 e. The van der Waals surface area contributed by atoms with Crippen molar-refractivity contribution in [3.63, 3.8) is 0 Å². The first-order chi connectivity index (χ1) is 30.5. The van der Waals surface area contributed by atoms with Crippen molar-refractivity contribution in [2.75, 3.05) is 0 Å². The molecule has 0 amide bonds. The first kappa shape index (κ1) is 108. The quantitative estimate of drug-likeness (QED) is 0.0631. The van der Waals surface area contributed by atoms with Gasteiger partial charge < -0.3 is 0 Å². The molecule has 0 bridgehead atoms. The average Bonchev–Trinajstić information content (AvgIpc) is 3.18. The van der Waals surface area contributed by atoms with Crippen LogP contribution in [0.2, 0.25) is 0 Å². The van der Waals surface area contributed by atoms with E-state index in [1.165, 1.54) is 0 Å². The van der Waals surface area contributed by atoms with Gasteiger partial charge in [0.15, 0.2) is 0 Å². The van der Waals surface area contributed by atoms with E-state index in [0.717, 1.165) is 40.1 Å². The van der Waals surface area contributed by atoms with Gasteiger partial charge in [0.1, 0.15) is 0 Å². The summed E-state index contributed by atoms with van der Waals surface area (Å²) in [5, 5.41) is 3.73. The molecule has 0 aromatic heterocycles. The van der Waals surface area contributed by atoms with E-state index < -0.39 is 0 Å². The van der Waals surface area contributed by atoms with Crippen LogP contribution in [0, 0.1) is 10.8 Å². The second-order valence-electron chi connectivity index (χ2n) is 13.4. The summed E-state index contributed by atoms with van der Waals surface area (Å²) < 4.78 is 0. The van der Waals surface area contributed by atoms with Crippen LogP contribution in [0.4, 0.5) is 0 Å². The molecule has 0 N–H and O–H groups in total. The molecule has 430 valence electrons. The number of hydrogen-bond donors (Lipinski definition) is 0. The van der Waals surface area contributed by atoms with Gasteiger partial charge >= 0.3 is 21.1 Å². The Morgan fingerprint density at radius 1 is 0.386 bits per heavy atom. The van der Waals surface area contributed by atoms with E-state index in [-0.39, 0.29) is 171 Å². The molecule has 0 aliphatic rings. The van der Waals surface area contributed by atoms with Gasteiger partial charge in [-0.1, -0.05) is 153 Å². The second kappa shape index (κ2) is 62.0. The van der Waals surface area contributed by atoms with Gasteiger partial charge in [0.2, 0.25) is 0 Å². The van der Waals surface area contributed by atoms with Crippen LogP contribution >= 0.6 is 451 Å². The summed E-state index contributed by atoms with van der Waals surface area (Å²) in [6, 6.07) is 0. The zero-order valence-corrected chi connectivity index (χ0v) is 100.